The van der Waals surface area contributed by atoms with Gasteiger partial charge in [-0.2, -0.15) is 0 Å². The normalized spacial score (nSPS) is 27.6. The molecule has 0 nitrogen and oxygen atoms in total. The summed E-state index contributed by atoms with van der Waals surface area (Å²) < 4.78 is 0. The molecule has 1 fully saturated rings. The second kappa shape index (κ2) is 6.46. The van der Waals surface area contributed by atoms with E-state index in [1.54, 1.807) is 0 Å². The average molecular weight is 334 g/mol. The fraction of sp³-hybridized carbons (Fsp3) is 0.647. The van der Waals surface area contributed by atoms with Crippen molar-refractivity contribution in [3.63, 3.8) is 0 Å². The fourth-order valence-corrected chi connectivity index (χ4v) is 4.08. The summed E-state index contributed by atoms with van der Waals surface area (Å²) in [4.78, 5) is 0. The van der Waals surface area contributed by atoms with E-state index in [4.69, 9.17) is 34.8 Å². The Morgan fingerprint density at radius 1 is 1.10 bits per heavy atom. The Hall–Kier alpha value is 0.0900. The molecule has 0 aliphatic heterocycles. The van der Waals surface area contributed by atoms with Gasteiger partial charge in [0.1, 0.15) is 0 Å². The lowest BCUT2D eigenvalue weighted by Gasteiger charge is -2.40. The van der Waals surface area contributed by atoms with E-state index in [2.05, 4.69) is 20.8 Å². The summed E-state index contributed by atoms with van der Waals surface area (Å²) in [6, 6.07) is 5.72. The molecule has 1 saturated carbocycles. The van der Waals surface area contributed by atoms with Gasteiger partial charge in [-0.1, -0.05) is 50.0 Å². The zero-order valence-electron chi connectivity index (χ0n) is 12.4. The van der Waals surface area contributed by atoms with Crippen molar-refractivity contribution in [3.8, 4) is 0 Å². The van der Waals surface area contributed by atoms with Crippen LogP contribution in [-0.4, -0.2) is 5.38 Å². The summed E-state index contributed by atoms with van der Waals surface area (Å²) in [6.07, 6.45) is 4.37. The minimum atomic E-state index is 0.237. The van der Waals surface area contributed by atoms with Gasteiger partial charge in [-0.05, 0) is 60.6 Å². The number of benzene rings is 1. The lowest BCUT2D eigenvalue weighted by Crippen LogP contribution is -2.33. The smallest absolute Gasteiger partial charge is 0.0452 e. The van der Waals surface area contributed by atoms with Gasteiger partial charge in [0, 0.05) is 15.4 Å². The molecule has 1 aliphatic carbocycles. The highest BCUT2D eigenvalue weighted by Gasteiger charge is 2.35. The summed E-state index contributed by atoms with van der Waals surface area (Å²) in [7, 11) is 0. The highest BCUT2D eigenvalue weighted by atomic mass is 35.5. The van der Waals surface area contributed by atoms with Crippen molar-refractivity contribution in [3.05, 3.63) is 33.8 Å². The van der Waals surface area contributed by atoms with Crippen molar-refractivity contribution < 1.29 is 0 Å². The second-order valence-corrected chi connectivity index (χ2v) is 8.43. The maximum Gasteiger partial charge on any atom is 0.0452 e. The standard InChI is InChI=1S/C17H23Cl3/c1-17(2,3)12-7-8-14(18)11(9-12)10-13-15(19)5-4-6-16(13)20/h4-6,11-12,14H,7-10H2,1-3H3. The largest absolute Gasteiger partial charge is 0.123 e. The van der Waals surface area contributed by atoms with Crippen LogP contribution in [0.4, 0.5) is 0 Å². The predicted octanol–water partition coefficient (Wildman–Crippen LogP) is 6.61. The first-order valence-electron chi connectivity index (χ1n) is 7.36. The monoisotopic (exact) mass is 332 g/mol. The quantitative estimate of drug-likeness (QED) is 0.534. The van der Waals surface area contributed by atoms with Crippen molar-refractivity contribution in [1.82, 2.24) is 0 Å². The van der Waals surface area contributed by atoms with E-state index in [1.807, 2.05) is 18.2 Å². The SMILES string of the molecule is CC(C)(C)C1CCC(Cl)C(Cc2c(Cl)cccc2Cl)C1. The third-order valence-electron chi connectivity index (χ3n) is 4.64. The molecule has 1 aliphatic rings. The molecule has 3 heteroatoms. The van der Waals surface area contributed by atoms with Crippen LogP contribution < -0.4 is 0 Å². The molecule has 0 amide bonds. The highest BCUT2D eigenvalue weighted by Crippen LogP contribution is 2.44. The van der Waals surface area contributed by atoms with Crippen LogP contribution in [0, 0.1) is 17.3 Å². The van der Waals surface area contributed by atoms with Gasteiger partial charge in [0.05, 0.1) is 0 Å². The molecule has 0 N–H and O–H groups in total. The van der Waals surface area contributed by atoms with E-state index < -0.39 is 0 Å². The summed E-state index contributed by atoms with van der Waals surface area (Å²) >= 11 is 19.2. The van der Waals surface area contributed by atoms with Gasteiger partial charge in [0.25, 0.3) is 0 Å². The van der Waals surface area contributed by atoms with Crippen molar-refractivity contribution >= 4 is 34.8 Å². The van der Waals surface area contributed by atoms with Crippen molar-refractivity contribution in [2.45, 2.75) is 51.8 Å². The van der Waals surface area contributed by atoms with E-state index in [-0.39, 0.29) is 5.38 Å². The average Bonchev–Trinajstić information content (AvgIpc) is 2.34. The molecule has 0 heterocycles. The van der Waals surface area contributed by atoms with Gasteiger partial charge in [-0.15, -0.1) is 11.6 Å². The molecule has 3 atom stereocenters. The first kappa shape index (κ1) is 16.5. The van der Waals surface area contributed by atoms with Crippen LogP contribution in [0.15, 0.2) is 18.2 Å². The van der Waals surface area contributed by atoms with Crippen LogP contribution in [0.1, 0.15) is 45.6 Å². The maximum atomic E-state index is 6.57. The molecule has 0 bridgehead atoms. The Bertz CT molecular complexity index is 442. The van der Waals surface area contributed by atoms with E-state index in [9.17, 15) is 0 Å². The topological polar surface area (TPSA) is 0 Å². The molecule has 1 aromatic rings. The van der Waals surface area contributed by atoms with Crippen LogP contribution >= 0.6 is 34.8 Å². The molecule has 0 aromatic heterocycles. The predicted molar refractivity (Wildman–Crippen MR) is 90.1 cm³/mol. The van der Waals surface area contributed by atoms with Gasteiger partial charge in [0.15, 0.2) is 0 Å². The number of hydrogen-bond donors (Lipinski definition) is 0. The third kappa shape index (κ3) is 3.84. The van der Waals surface area contributed by atoms with Crippen LogP contribution in [0.3, 0.4) is 0 Å². The molecule has 112 valence electrons. The first-order chi connectivity index (χ1) is 9.29. The molecule has 3 unspecified atom stereocenters. The van der Waals surface area contributed by atoms with Crippen molar-refractivity contribution in [1.29, 1.82) is 0 Å². The molecule has 0 spiro atoms. The Labute approximate surface area is 137 Å². The molecular weight excluding hydrogens is 311 g/mol. The molecule has 20 heavy (non-hydrogen) atoms. The third-order valence-corrected chi connectivity index (χ3v) is 5.93. The summed E-state index contributed by atoms with van der Waals surface area (Å²) in [5.41, 5.74) is 1.40. The Balaban J connectivity index is 2.15. The van der Waals surface area contributed by atoms with Crippen LogP contribution in [-0.2, 0) is 6.42 Å². The highest BCUT2D eigenvalue weighted by molar-refractivity contribution is 6.36. The number of halogens is 3. The van der Waals surface area contributed by atoms with E-state index in [0.29, 0.717) is 11.3 Å². The Morgan fingerprint density at radius 2 is 1.70 bits per heavy atom. The second-order valence-electron chi connectivity index (χ2n) is 7.06. The lowest BCUT2D eigenvalue weighted by molar-refractivity contribution is 0.144. The molecule has 0 radical (unpaired) electrons. The van der Waals surface area contributed by atoms with Gasteiger partial charge < -0.3 is 0 Å². The van der Waals surface area contributed by atoms with Crippen molar-refractivity contribution in [2.24, 2.45) is 17.3 Å². The van der Waals surface area contributed by atoms with Crippen LogP contribution in [0.25, 0.3) is 0 Å². The minimum absolute atomic E-state index is 0.237. The number of rotatable bonds is 2. The molecular formula is C17H23Cl3. The van der Waals surface area contributed by atoms with E-state index >= 15 is 0 Å². The summed E-state index contributed by atoms with van der Waals surface area (Å²) in [5.74, 6) is 1.19. The summed E-state index contributed by atoms with van der Waals surface area (Å²) in [5, 5.41) is 1.76. The van der Waals surface area contributed by atoms with Gasteiger partial charge in [0.2, 0.25) is 0 Å². The zero-order chi connectivity index (χ0) is 14.9. The van der Waals surface area contributed by atoms with Crippen LogP contribution in [0.2, 0.25) is 10.0 Å². The first-order valence-corrected chi connectivity index (χ1v) is 8.55. The minimum Gasteiger partial charge on any atom is -0.123 e. The van der Waals surface area contributed by atoms with Gasteiger partial charge >= 0.3 is 0 Å². The fourth-order valence-electron chi connectivity index (χ4n) is 3.21. The number of alkyl halides is 1. The molecule has 0 saturated heterocycles. The zero-order valence-corrected chi connectivity index (χ0v) is 14.7. The van der Waals surface area contributed by atoms with Gasteiger partial charge in [-0.25, -0.2) is 0 Å². The maximum absolute atomic E-state index is 6.57. The molecule has 2 rings (SSSR count). The number of hydrogen-bond acceptors (Lipinski definition) is 0. The summed E-state index contributed by atoms with van der Waals surface area (Å²) in [6.45, 7) is 6.98. The Morgan fingerprint density at radius 3 is 2.25 bits per heavy atom. The van der Waals surface area contributed by atoms with Gasteiger partial charge in [-0.3, -0.25) is 0 Å². The van der Waals surface area contributed by atoms with Crippen molar-refractivity contribution in [2.75, 3.05) is 0 Å². The van der Waals surface area contributed by atoms with E-state index in [1.165, 1.54) is 12.8 Å². The Kier molecular flexibility index (Phi) is 5.32. The van der Waals surface area contributed by atoms with Crippen LogP contribution in [0.5, 0.6) is 0 Å². The lowest BCUT2D eigenvalue weighted by atomic mass is 9.68. The molecule has 1 aromatic carbocycles. The van der Waals surface area contributed by atoms with E-state index in [0.717, 1.165) is 34.4 Å².